The number of aryl methyl sites for hydroxylation is 2. The van der Waals surface area contributed by atoms with Gasteiger partial charge in [-0.25, -0.2) is 4.68 Å². The van der Waals surface area contributed by atoms with Crippen molar-refractivity contribution in [2.75, 3.05) is 6.61 Å². The van der Waals surface area contributed by atoms with E-state index >= 15 is 0 Å². The first-order valence-corrected chi connectivity index (χ1v) is 9.55. The molecule has 0 bridgehead atoms. The molecule has 5 rings (SSSR count). The second kappa shape index (κ2) is 6.31. The van der Waals surface area contributed by atoms with Crippen LogP contribution in [0.5, 0.6) is 0 Å². The van der Waals surface area contributed by atoms with Crippen LogP contribution in [0.2, 0.25) is 0 Å². The number of ether oxygens (including phenoxy) is 1. The summed E-state index contributed by atoms with van der Waals surface area (Å²) in [5, 5.41) is 8.88. The van der Waals surface area contributed by atoms with Crippen LogP contribution in [0.3, 0.4) is 0 Å². The Bertz CT molecular complexity index is 848. The van der Waals surface area contributed by atoms with E-state index in [0.29, 0.717) is 5.92 Å². The highest BCUT2D eigenvalue weighted by atomic mass is 16.5. The topological polar surface area (TPSA) is 39.9 Å². The van der Waals surface area contributed by atoms with Gasteiger partial charge in [0.25, 0.3) is 0 Å². The van der Waals surface area contributed by atoms with Crippen LogP contribution in [0, 0.1) is 17.8 Å². The largest absolute Gasteiger partial charge is 0.376 e. The molecule has 4 nitrogen and oxygen atoms in total. The van der Waals surface area contributed by atoms with Crippen molar-refractivity contribution in [2.24, 2.45) is 5.92 Å². The van der Waals surface area contributed by atoms with E-state index in [4.69, 9.17) is 4.74 Å². The molecule has 0 spiro atoms. The first-order chi connectivity index (χ1) is 12.4. The molecule has 1 aromatic carbocycles. The molecule has 0 radical (unpaired) electrons. The Morgan fingerprint density at radius 2 is 2.12 bits per heavy atom. The van der Waals surface area contributed by atoms with Crippen molar-refractivity contribution in [2.45, 2.75) is 57.6 Å². The third kappa shape index (κ3) is 3.09. The zero-order valence-corrected chi connectivity index (χ0v) is 14.5. The SMILES string of the molecule is C(#CC1CC1)c1ccc2c(c1)CCc1nnn(C[C@H]3CCCCO3)c1-2. The molecule has 4 heteroatoms. The van der Waals surface area contributed by atoms with Gasteiger partial charge >= 0.3 is 0 Å². The fraction of sp³-hybridized carbons (Fsp3) is 0.524. The standard InChI is InChI=1S/C21H23N3O/c1-2-12-25-18(3-1)14-24-21-19-10-8-16(7-6-15-4-5-15)13-17(19)9-11-20(21)22-23-24/h8,10,13,15,18H,1-5,9,11-12,14H2/t18-/m1/s1. The average molecular weight is 333 g/mol. The fourth-order valence-electron chi connectivity index (χ4n) is 3.86. The Morgan fingerprint density at radius 3 is 2.96 bits per heavy atom. The lowest BCUT2D eigenvalue weighted by Gasteiger charge is -2.24. The molecule has 3 aliphatic rings. The van der Waals surface area contributed by atoms with E-state index in [1.807, 2.05) is 0 Å². The summed E-state index contributed by atoms with van der Waals surface area (Å²) in [6.45, 7) is 1.69. The minimum absolute atomic E-state index is 0.272. The number of nitrogens with zero attached hydrogens (tertiary/aromatic N) is 3. The van der Waals surface area contributed by atoms with Gasteiger partial charge in [0.15, 0.2) is 0 Å². The Balaban J connectivity index is 1.45. The van der Waals surface area contributed by atoms with Gasteiger partial charge in [-0.3, -0.25) is 0 Å². The molecule has 1 aromatic heterocycles. The zero-order valence-electron chi connectivity index (χ0n) is 14.5. The Hall–Kier alpha value is -2.12. The van der Waals surface area contributed by atoms with Crippen molar-refractivity contribution in [3.8, 4) is 23.1 Å². The number of fused-ring (bicyclic) bond motifs is 3. The molecule has 0 unspecified atom stereocenters. The third-order valence-corrected chi connectivity index (χ3v) is 5.44. The van der Waals surface area contributed by atoms with E-state index in [1.165, 1.54) is 42.5 Å². The number of hydrogen-bond donors (Lipinski definition) is 0. The van der Waals surface area contributed by atoms with Gasteiger partial charge in [0.05, 0.1) is 24.0 Å². The number of benzene rings is 1. The molecule has 2 heterocycles. The summed E-state index contributed by atoms with van der Waals surface area (Å²) < 4.78 is 7.97. The van der Waals surface area contributed by atoms with Crippen LogP contribution in [0.25, 0.3) is 11.3 Å². The van der Waals surface area contributed by atoms with Gasteiger partial charge in [-0.15, -0.1) is 5.10 Å². The lowest BCUT2D eigenvalue weighted by atomic mass is 9.90. The maximum atomic E-state index is 5.90. The van der Waals surface area contributed by atoms with Gasteiger partial charge in [0.1, 0.15) is 0 Å². The van der Waals surface area contributed by atoms with E-state index < -0.39 is 0 Å². The molecule has 0 N–H and O–H groups in total. The predicted octanol–water partition coefficient (Wildman–Crippen LogP) is 3.37. The lowest BCUT2D eigenvalue weighted by molar-refractivity contribution is 0.00398. The summed E-state index contributed by atoms with van der Waals surface area (Å²) in [5.74, 6) is 7.35. The van der Waals surface area contributed by atoms with Gasteiger partial charge in [-0.1, -0.05) is 23.1 Å². The van der Waals surface area contributed by atoms with Crippen LogP contribution < -0.4 is 0 Å². The van der Waals surface area contributed by atoms with E-state index in [2.05, 4.69) is 45.0 Å². The summed E-state index contributed by atoms with van der Waals surface area (Å²) in [4.78, 5) is 0. The minimum Gasteiger partial charge on any atom is -0.376 e. The Labute approximate surface area is 148 Å². The van der Waals surface area contributed by atoms with Crippen molar-refractivity contribution in [3.63, 3.8) is 0 Å². The lowest BCUT2D eigenvalue weighted by Crippen LogP contribution is -2.25. The summed E-state index contributed by atoms with van der Waals surface area (Å²) in [5.41, 5.74) is 6.11. The smallest absolute Gasteiger partial charge is 0.0921 e. The third-order valence-electron chi connectivity index (χ3n) is 5.44. The molecule has 1 aliphatic heterocycles. The van der Waals surface area contributed by atoms with Crippen molar-refractivity contribution in [3.05, 3.63) is 35.0 Å². The summed E-state index contributed by atoms with van der Waals surface area (Å²) in [7, 11) is 0. The molecular formula is C21H23N3O. The van der Waals surface area contributed by atoms with Crippen molar-refractivity contribution in [1.29, 1.82) is 0 Å². The van der Waals surface area contributed by atoms with Crippen LogP contribution >= 0.6 is 0 Å². The van der Waals surface area contributed by atoms with Crippen LogP contribution in [0.4, 0.5) is 0 Å². The molecule has 1 saturated carbocycles. The molecule has 2 aromatic rings. The normalized spacial score (nSPS) is 21.8. The zero-order chi connectivity index (χ0) is 16.6. The highest BCUT2D eigenvalue weighted by molar-refractivity contribution is 5.69. The van der Waals surface area contributed by atoms with E-state index in [9.17, 15) is 0 Å². The van der Waals surface area contributed by atoms with Gasteiger partial charge in [-0.05, 0) is 62.6 Å². The second-order valence-corrected chi connectivity index (χ2v) is 7.47. The summed E-state index contributed by atoms with van der Waals surface area (Å²) >= 11 is 0. The van der Waals surface area contributed by atoms with Crippen molar-refractivity contribution in [1.82, 2.24) is 15.0 Å². The van der Waals surface area contributed by atoms with Gasteiger partial charge in [0, 0.05) is 23.7 Å². The first kappa shape index (κ1) is 15.2. The summed E-state index contributed by atoms with van der Waals surface area (Å²) in [6, 6.07) is 6.63. The fourth-order valence-corrected chi connectivity index (χ4v) is 3.86. The number of aromatic nitrogens is 3. The van der Waals surface area contributed by atoms with Crippen LogP contribution in [0.1, 0.15) is 48.9 Å². The maximum Gasteiger partial charge on any atom is 0.0921 e. The van der Waals surface area contributed by atoms with Crippen LogP contribution in [-0.2, 0) is 24.1 Å². The molecule has 2 aliphatic carbocycles. The number of rotatable bonds is 2. The molecule has 2 fully saturated rings. The van der Waals surface area contributed by atoms with E-state index in [0.717, 1.165) is 43.7 Å². The molecule has 25 heavy (non-hydrogen) atoms. The van der Waals surface area contributed by atoms with Gasteiger partial charge < -0.3 is 4.74 Å². The highest BCUT2D eigenvalue weighted by Gasteiger charge is 2.25. The van der Waals surface area contributed by atoms with Crippen LogP contribution in [-0.4, -0.2) is 27.7 Å². The summed E-state index contributed by atoms with van der Waals surface area (Å²) in [6.07, 6.45) is 8.36. The molecule has 1 saturated heterocycles. The quantitative estimate of drug-likeness (QED) is 0.791. The molecule has 1 atom stereocenters. The van der Waals surface area contributed by atoms with E-state index in [-0.39, 0.29) is 6.10 Å². The van der Waals surface area contributed by atoms with Crippen molar-refractivity contribution < 1.29 is 4.74 Å². The van der Waals surface area contributed by atoms with Gasteiger partial charge in [-0.2, -0.15) is 0 Å². The maximum absolute atomic E-state index is 5.90. The van der Waals surface area contributed by atoms with Crippen molar-refractivity contribution >= 4 is 0 Å². The minimum atomic E-state index is 0.272. The molecule has 128 valence electrons. The van der Waals surface area contributed by atoms with E-state index in [1.54, 1.807) is 0 Å². The first-order valence-electron chi connectivity index (χ1n) is 9.55. The molecule has 0 amide bonds. The predicted molar refractivity (Wildman–Crippen MR) is 96.1 cm³/mol. The van der Waals surface area contributed by atoms with Crippen LogP contribution in [0.15, 0.2) is 18.2 Å². The second-order valence-electron chi connectivity index (χ2n) is 7.47. The monoisotopic (exact) mass is 333 g/mol. The van der Waals surface area contributed by atoms with Gasteiger partial charge in [0.2, 0.25) is 0 Å². The average Bonchev–Trinajstić information content (AvgIpc) is 3.40. The number of hydrogen-bond acceptors (Lipinski definition) is 3. The molecular weight excluding hydrogens is 310 g/mol. The Morgan fingerprint density at radius 1 is 1.16 bits per heavy atom. The Kier molecular flexibility index (Phi) is 3.83. The highest BCUT2D eigenvalue weighted by Crippen LogP contribution is 2.33.